The van der Waals surface area contributed by atoms with Crippen LogP contribution in [0.1, 0.15) is 62.4 Å². The number of amides is 2. The van der Waals surface area contributed by atoms with Crippen LogP contribution in [0.25, 0.3) is 11.1 Å². The predicted molar refractivity (Wildman–Crippen MR) is 117 cm³/mol. The maximum absolute atomic E-state index is 13.7. The molecule has 5 nitrogen and oxygen atoms in total. The number of thiophene rings is 1. The van der Waals surface area contributed by atoms with E-state index in [2.05, 4.69) is 19.2 Å². The second-order valence-electron chi connectivity index (χ2n) is 9.05. The quantitative estimate of drug-likeness (QED) is 0.760. The molecule has 2 heterocycles. The minimum absolute atomic E-state index is 0.133. The largest absolute Gasteiger partial charge is 0.394 e. The number of hydrogen-bond donors (Lipinski definition) is 2. The molecule has 6 heteroatoms. The van der Waals surface area contributed by atoms with E-state index in [4.69, 9.17) is 0 Å². The molecule has 2 amide bonds. The van der Waals surface area contributed by atoms with E-state index < -0.39 is 17.6 Å². The van der Waals surface area contributed by atoms with Crippen molar-refractivity contribution in [2.45, 2.75) is 53.2 Å². The maximum Gasteiger partial charge on any atom is 0.256 e. The molecule has 0 spiro atoms. The van der Waals surface area contributed by atoms with Crippen molar-refractivity contribution in [1.82, 2.24) is 10.2 Å². The Morgan fingerprint density at radius 3 is 2.41 bits per heavy atom. The highest BCUT2D eigenvalue weighted by Gasteiger charge is 2.40. The Bertz CT molecular complexity index is 898. The van der Waals surface area contributed by atoms with Crippen molar-refractivity contribution in [3.8, 4) is 11.1 Å². The first-order valence-corrected chi connectivity index (χ1v) is 10.9. The van der Waals surface area contributed by atoms with E-state index in [0.717, 1.165) is 16.0 Å². The molecular weight excluding hydrogens is 384 g/mol. The van der Waals surface area contributed by atoms with Crippen molar-refractivity contribution < 1.29 is 14.7 Å². The SMILES string of the molecule is CC(C)CC(CO)N1C(=O)c2ccccc2-c2ccsc2C1NC(=O)C(C)(C)C. The van der Waals surface area contributed by atoms with Crippen molar-refractivity contribution in [1.29, 1.82) is 0 Å². The van der Waals surface area contributed by atoms with E-state index in [0.29, 0.717) is 17.9 Å². The van der Waals surface area contributed by atoms with Crippen LogP contribution >= 0.6 is 11.3 Å². The van der Waals surface area contributed by atoms with Gasteiger partial charge in [0, 0.05) is 16.5 Å². The van der Waals surface area contributed by atoms with Gasteiger partial charge in [0.15, 0.2) is 0 Å². The Hall–Kier alpha value is -2.18. The Balaban J connectivity index is 2.18. The van der Waals surface area contributed by atoms with Gasteiger partial charge in [-0.3, -0.25) is 9.59 Å². The van der Waals surface area contributed by atoms with Gasteiger partial charge in [-0.05, 0) is 35.4 Å². The summed E-state index contributed by atoms with van der Waals surface area (Å²) in [4.78, 5) is 29.2. The molecule has 0 radical (unpaired) electrons. The van der Waals surface area contributed by atoms with Gasteiger partial charge in [0.2, 0.25) is 5.91 Å². The summed E-state index contributed by atoms with van der Waals surface area (Å²) in [5.74, 6) is -0.00465. The lowest BCUT2D eigenvalue weighted by Gasteiger charge is -2.38. The molecule has 3 rings (SSSR count). The molecule has 0 fully saturated rings. The second kappa shape index (κ2) is 8.28. The standard InChI is InChI=1S/C23H30N2O3S/c1-14(2)12-15(13-26)25-20(24-22(28)23(3,4)5)19-17(10-11-29-19)16-8-6-7-9-18(16)21(25)27/h6-11,14-15,20,26H,12-13H2,1-5H3,(H,24,28). The summed E-state index contributed by atoms with van der Waals surface area (Å²) in [6.45, 7) is 9.54. The lowest BCUT2D eigenvalue weighted by atomic mass is 9.95. The van der Waals surface area contributed by atoms with Crippen molar-refractivity contribution in [3.05, 3.63) is 46.2 Å². The van der Waals surface area contributed by atoms with Crippen LogP contribution in [0.5, 0.6) is 0 Å². The van der Waals surface area contributed by atoms with Gasteiger partial charge in [-0.2, -0.15) is 0 Å². The van der Waals surface area contributed by atoms with E-state index in [-0.39, 0.29) is 18.4 Å². The third-order valence-corrected chi connectivity index (χ3v) is 6.17. The summed E-state index contributed by atoms with van der Waals surface area (Å²) in [7, 11) is 0. The monoisotopic (exact) mass is 414 g/mol. The zero-order chi connectivity index (χ0) is 21.3. The van der Waals surface area contributed by atoms with Gasteiger partial charge in [0.1, 0.15) is 6.17 Å². The molecule has 29 heavy (non-hydrogen) atoms. The van der Waals surface area contributed by atoms with Crippen LogP contribution in [0.15, 0.2) is 35.7 Å². The number of carbonyl (C=O) groups excluding carboxylic acids is 2. The summed E-state index contributed by atoms with van der Waals surface area (Å²) in [6.07, 6.45) is 0.0278. The molecule has 156 valence electrons. The van der Waals surface area contributed by atoms with Crippen molar-refractivity contribution in [2.24, 2.45) is 11.3 Å². The Labute approximate surface area is 176 Å². The molecule has 2 atom stereocenters. The first-order chi connectivity index (χ1) is 13.6. The molecule has 2 N–H and O–H groups in total. The molecule has 1 aliphatic rings. The predicted octanol–water partition coefficient (Wildman–Crippen LogP) is 4.44. The number of aliphatic hydroxyl groups is 1. The van der Waals surface area contributed by atoms with E-state index in [1.807, 2.05) is 56.5 Å². The highest BCUT2D eigenvalue weighted by atomic mass is 32.1. The molecule has 1 aromatic heterocycles. The summed E-state index contributed by atoms with van der Waals surface area (Å²) in [6, 6.07) is 9.15. The number of nitrogens with zero attached hydrogens (tertiary/aromatic N) is 1. The molecule has 0 aliphatic carbocycles. The molecule has 1 aliphatic heterocycles. The van der Waals surface area contributed by atoms with Crippen LogP contribution in [-0.2, 0) is 4.79 Å². The maximum atomic E-state index is 13.7. The molecule has 2 aromatic rings. The minimum atomic E-state index is -0.618. The molecule has 0 saturated heterocycles. The Kier molecular flexibility index (Phi) is 6.15. The number of nitrogens with one attached hydrogen (secondary N) is 1. The van der Waals surface area contributed by atoms with Crippen molar-refractivity contribution >= 4 is 23.2 Å². The number of carbonyl (C=O) groups is 2. The fourth-order valence-corrected chi connectivity index (χ4v) is 4.67. The van der Waals surface area contributed by atoms with Gasteiger partial charge < -0.3 is 15.3 Å². The van der Waals surface area contributed by atoms with Crippen LogP contribution in [0, 0.1) is 11.3 Å². The number of fused-ring (bicyclic) bond motifs is 3. The zero-order valence-corrected chi connectivity index (χ0v) is 18.5. The molecule has 2 unspecified atom stereocenters. The summed E-state index contributed by atoms with van der Waals surface area (Å²) in [5.41, 5.74) is 1.83. The number of aliphatic hydroxyl groups excluding tert-OH is 1. The normalized spacial score (nSPS) is 17.6. The van der Waals surface area contributed by atoms with Gasteiger partial charge >= 0.3 is 0 Å². The average Bonchev–Trinajstić information content (AvgIpc) is 3.11. The number of hydrogen-bond acceptors (Lipinski definition) is 4. The van der Waals surface area contributed by atoms with Crippen LogP contribution in [0.3, 0.4) is 0 Å². The minimum Gasteiger partial charge on any atom is -0.394 e. The molecule has 0 saturated carbocycles. The third kappa shape index (κ3) is 4.23. The summed E-state index contributed by atoms with van der Waals surface area (Å²) >= 11 is 1.53. The van der Waals surface area contributed by atoms with Crippen LogP contribution in [0.4, 0.5) is 0 Å². The van der Waals surface area contributed by atoms with E-state index in [1.165, 1.54) is 11.3 Å². The van der Waals surface area contributed by atoms with Crippen LogP contribution < -0.4 is 5.32 Å². The topological polar surface area (TPSA) is 69.6 Å². The zero-order valence-electron chi connectivity index (χ0n) is 17.7. The van der Waals surface area contributed by atoms with Gasteiger partial charge in [0.05, 0.1) is 17.5 Å². The highest BCUT2D eigenvalue weighted by Crippen LogP contribution is 2.42. The average molecular weight is 415 g/mol. The highest BCUT2D eigenvalue weighted by molar-refractivity contribution is 7.10. The molecule has 1 aromatic carbocycles. The smallest absolute Gasteiger partial charge is 0.256 e. The lowest BCUT2D eigenvalue weighted by molar-refractivity contribution is -0.130. The summed E-state index contributed by atoms with van der Waals surface area (Å²) in [5, 5.41) is 15.3. The van der Waals surface area contributed by atoms with Gasteiger partial charge in [-0.1, -0.05) is 52.8 Å². The molecular formula is C23H30N2O3S. The lowest BCUT2D eigenvalue weighted by Crippen LogP contribution is -2.52. The second-order valence-corrected chi connectivity index (χ2v) is 10.00. The van der Waals surface area contributed by atoms with Crippen molar-refractivity contribution in [3.63, 3.8) is 0 Å². The first-order valence-electron chi connectivity index (χ1n) is 10.1. The van der Waals surface area contributed by atoms with Gasteiger partial charge in [0.25, 0.3) is 5.91 Å². The summed E-state index contributed by atoms with van der Waals surface area (Å²) < 4.78 is 0. The van der Waals surface area contributed by atoms with E-state index in [9.17, 15) is 14.7 Å². The van der Waals surface area contributed by atoms with E-state index >= 15 is 0 Å². The van der Waals surface area contributed by atoms with Crippen LogP contribution in [0.2, 0.25) is 0 Å². The van der Waals surface area contributed by atoms with Crippen molar-refractivity contribution in [2.75, 3.05) is 6.61 Å². The fourth-order valence-electron chi connectivity index (χ4n) is 3.72. The molecule has 0 bridgehead atoms. The van der Waals surface area contributed by atoms with Gasteiger partial charge in [-0.15, -0.1) is 11.3 Å². The number of rotatable bonds is 5. The fraction of sp³-hybridized carbons (Fsp3) is 0.478. The number of benzene rings is 1. The first kappa shape index (κ1) is 21.5. The van der Waals surface area contributed by atoms with E-state index in [1.54, 1.807) is 4.90 Å². The Morgan fingerprint density at radius 1 is 1.17 bits per heavy atom. The Morgan fingerprint density at radius 2 is 1.83 bits per heavy atom. The van der Waals surface area contributed by atoms with Crippen LogP contribution in [-0.4, -0.2) is 34.5 Å². The third-order valence-electron chi connectivity index (χ3n) is 5.20. The van der Waals surface area contributed by atoms with Gasteiger partial charge in [-0.25, -0.2) is 0 Å².